The SMILES string of the molecule is CCN(CCCCC(=O)O)C(=O)C1(NC(=O)OCC2c3ccccc3-c3ccccc32)CCCC1. The summed E-state index contributed by atoms with van der Waals surface area (Å²) < 4.78 is 5.73. The number of likely N-dealkylation sites (N-methyl/N-ethyl adjacent to an activating group) is 1. The normalized spacial score (nSPS) is 15.8. The highest BCUT2D eigenvalue weighted by atomic mass is 16.5. The maximum atomic E-state index is 13.5. The molecule has 2 N–H and O–H groups in total. The topological polar surface area (TPSA) is 95.9 Å². The zero-order chi connectivity index (χ0) is 24.8. The van der Waals surface area contributed by atoms with Crippen LogP contribution in [0.1, 0.15) is 68.9 Å². The Morgan fingerprint density at radius 2 is 1.60 bits per heavy atom. The summed E-state index contributed by atoms with van der Waals surface area (Å²) in [5.74, 6) is -0.963. The second-order valence-electron chi connectivity index (χ2n) is 9.48. The first kappa shape index (κ1) is 24.8. The van der Waals surface area contributed by atoms with Crippen molar-refractivity contribution in [2.75, 3.05) is 19.7 Å². The van der Waals surface area contributed by atoms with Crippen LogP contribution in [0.2, 0.25) is 0 Å². The maximum absolute atomic E-state index is 13.5. The van der Waals surface area contributed by atoms with E-state index in [0.717, 1.165) is 24.0 Å². The van der Waals surface area contributed by atoms with Gasteiger partial charge in [0.1, 0.15) is 12.1 Å². The minimum atomic E-state index is -0.953. The monoisotopic (exact) mass is 478 g/mol. The number of benzene rings is 2. The number of hydrogen-bond donors (Lipinski definition) is 2. The lowest BCUT2D eigenvalue weighted by atomic mass is 9.95. The van der Waals surface area contributed by atoms with E-state index in [1.165, 1.54) is 11.1 Å². The molecule has 2 aliphatic rings. The first-order chi connectivity index (χ1) is 16.9. The van der Waals surface area contributed by atoms with Crippen molar-refractivity contribution in [2.24, 2.45) is 0 Å². The Hall–Kier alpha value is -3.35. The van der Waals surface area contributed by atoms with Crippen LogP contribution in [-0.4, -0.2) is 53.2 Å². The molecule has 0 spiro atoms. The zero-order valence-corrected chi connectivity index (χ0v) is 20.3. The van der Waals surface area contributed by atoms with Gasteiger partial charge in [0.2, 0.25) is 5.91 Å². The molecule has 7 nitrogen and oxygen atoms in total. The molecule has 0 atom stereocenters. The Balaban J connectivity index is 1.40. The van der Waals surface area contributed by atoms with Crippen molar-refractivity contribution in [3.8, 4) is 11.1 Å². The number of unbranched alkanes of at least 4 members (excludes halogenated alkanes) is 1. The number of carboxylic acids is 1. The van der Waals surface area contributed by atoms with Gasteiger partial charge in [0.15, 0.2) is 0 Å². The molecule has 0 aliphatic heterocycles. The number of nitrogens with zero attached hydrogens (tertiary/aromatic N) is 1. The molecular formula is C28H34N2O5. The van der Waals surface area contributed by atoms with Crippen molar-refractivity contribution in [2.45, 2.75) is 63.3 Å². The summed E-state index contributed by atoms with van der Waals surface area (Å²) in [5.41, 5.74) is 3.67. The van der Waals surface area contributed by atoms with Gasteiger partial charge in [-0.2, -0.15) is 0 Å². The third-order valence-electron chi connectivity index (χ3n) is 7.29. The minimum Gasteiger partial charge on any atom is -0.481 e. The highest BCUT2D eigenvalue weighted by Gasteiger charge is 2.45. The molecule has 0 aromatic heterocycles. The molecule has 2 aromatic rings. The van der Waals surface area contributed by atoms with E-state index < -0.39 is 17.6 Å². The number of carbonyl (C=O) groups is 3. The van der Waals surface area contributed by atoms with Crippen LogP contribution in [0, 0.1) is 0 Å². The molecule has 1 saturated carbocycles. The summed E-state index contributed by atoms with van der Waals surface area (Å²) >= 11 is 0. The van der Waals surface area contributed by atoms with Gasteiger partial charge in [-0.3, -0.25) is 9.59 Å². The van der Waals surface area contributed by atoms with Crippen LogP contribution in [0.3, 0.4) is 0 Å². The predicted octanol–water partition coefficient (Wildman–Crippen LogP) is 4.94. The smallest absolute Gasteiger partial charge is 0.408 e. The van der Waals surface area contributed by atoms with Crippen molar-refractivity contribution < 1.29 is 24.2 Å². The van der Waals surface area contributed by atoms with Gasteiger partial charge in [0, 0.05) is 25.4 Å². The summed E-state index contributed by atoms with van der Waals surface area (Å²) in [6.45, 7) is 3.11. The molecule has 186 valence electrons. The molecule has 1 fully saturated rings. The summed E-state index contributed by atoms with van der Waals surface area (Å²) in [5, 5.41) is 11.8. The van der Waals surface area contributed by atoms with Crippen molar-refractivity contribution in [3.05, 3.63) is 59.7 Å². The molecule has 0 bridgehead atoms. The predicted molar refractivity (Wildman–Crippen MR) is 133 cm³/mol. The lowest BCUT2D eigenvalue weighted by Crippen LogP contribution is -2.58. The van der Waals surface area contributed by atoms with E-state index in [1.54, 1.807) is 4.90 Å². The van der Waals surface area contributed by atoms with Gasteiger partial charge in [0.05, 0.1) is 0 Å². The average Bonchev–Trinajstić information content (AvgIpc) is 3.46. The lowest BCUT2D eigenvalue weighted by Gasteiger charge is -2.34. The molecule has 0 heterocycles. The second kappa shape index (κ2) is 10.9. The van der Waals surface area contributed by atoms with Gasteiger partial charge < -0.3 is 20.1 Å². The molecule has 2 amide bonds. The number of aliphatic carboxylic acids is 1. The standard InChI is InChI=1S/C28H34N2O5/c1-2-30(18-10-7-15-25(31)32)26(33)28(16-8-9-17-28)29-27(34)35-19-24-22-13-5-3-11-20(22)21-12-4-6-14-23(21)24/h3-6,11-14,24H,2,7-10,15-19H2,1H3,(H,29,34)(H,31,32). The van der Waals surface area contributed by atoms with Gasteiger partial charge in [-0.15, -0.1) is 0 Å². The van der Waals surface area contributed by atoms with Crippen molar-refractivity contribution >= 4 is 18.0 Å². The number of ether oxygens (including phenoxy) is 1. The van der Waals surface area contributed by atoms with E-state index in [4.69, 9.17) is 9.84 Å². The second-order valence-corrected chi connectivity index (χ2v) is 9.48. The molecule has 0 saturated heterocycles. The van der Waals surface area contributed by atoms with Gasteiger partial charge in [-0.1, -0.05) is 61.4 Å². The molecule has 35 heavy (non-hydrogen) atoms. The molecular weight excluding hydrogens is 444 g/mol. The van der Waals surface area contributed by atoms with Gasteiger partial charge in [-0.25, -0.2) is 4.79 Å². The molecule has 2 aromatic carbocycles. The number of rotatable bonds is 10. The average molecular weight is 479 g/mol. The summed E-state index contributed by atoms with van der Waals surface area (Å²) in [6, 6.07) is 16.4. The van der Waals surface area contributed by atoms with E-state index in [0.29, 0.717) is 38.8 Å². The summed E-state index contributed by atoms with van der Waals surface area (Å²) in [6.07, 6.45) is 3.57. The summed E-state index contributed by atoms with van der Waals surface area (Å²) in [7, 11) is 0. The van der Waals surface area contributed by atoms with Crippen molar-refractivity contribution in [1.29, 1.82) is 0 Å². The Kier molecular flexibility index (Phi) is 7.73. The molecule has 0 radical (unpaired) electrons. The quantitative estimate of drug-likeness (QED) is 0.472. The number of fused-ring (bicyclic) bond motifs is 3. The fourth-order valence-electron chi connectivity index (χ4n) is 5.49. The minimum absolute atomic E-state index is 0.0373. The number of hydrogen-bond acceptors (Lipinski definition) is 4. The first-order valence-corrected chi connectivity index (χ1v) is 12.6. The molecule has 4 rings (SSSR count). The Morgan fingerprint density at radius 1 is 1.00 bits per heavy atom. The summed E-state index contributed by atoms with van der Waals surface area (Å²) in [4.78, 5) is 39.0. The highest BCUT2D eigenvalue weighted by molar-refractivity contribution is 5.90. The Bertz CT molecular complexity index is 1030. The third-order valence-corrected chi connectivity index (χ3v) is 7.29. The van der Waals surface area contributed by atoms with E-state index in [1.807, 2.05) is 31.2 Å². The van der Waals surface area contributed by atoms with Crippen LogP contribution >= 0.6 is 0 Å². The van der Waals surface area contributed by atoms with Crippen LogP contribution in [0.15, 0.2) is 48.5 Å². The molecule has 7 heteroatoms. The zero-order valence-electron chi connectivity index (χ0n) is 20.3. The largest absolute Gasteiger partial charge is 0.481 e. The Morgan fingerprint density at radius 3 is 2.17 bits per heavy atom. The van der Waals surface area contributed by atoms with Gasteiger partial charge in [-0.05, 0) is 54.9 Å². The van der Waals surface area contributed by atoms with E-state index in [-0.39, 0.29) is 24.9 Å². The van der Waals surface area contributed by atoms with Crippen molar-refractivity contribution in [3.63, 3.8) is 0 Å². The maximum Gasteiger partial charge on any atom is 0.408 e. The Labute approximate surface area is 206 Å². The van der Waals surface area contributed by atoms with Crippen molar-refractivity contribution in [1.82, 2.24) is 10.2 Å². The van der Waals surface area contributed by atoms with E-state index in [2.05, 4.69) is 29.6 Å². The molecule has 2 aliphatic carbocycles. The number of carboxylic acid groups (broad SMARTS) is 1. The van der Waals surface area contributed by atoms with Crippen LogP contribution in [0.4, 0.5) is 4.79 Å². The van der Waals surface area contributed by atoms with E-state index >= 15 is 0 Å². The fraction of sp³-hybridized carbons (Fsp3) is 0.464. The van der Waals surface area contributed by atoms with Crippen LogP contribution in [0.25, 0.3) is 11.1 Å². The van der Waals surface area contributed by atoms with Gasteiger partial charge >= 0.3 is 12.1 Å². The lowest BCUT2D eigenvalue weighted by molar-refractivity contribution is -0.138. The van der Waals surface area contributed by atoms with Crippen LogP contribution < -0.4 is 5.32 Å². The number of alkyl carbamates (subject to hydrolysis) is 1. The van der Waals surface area contributed by atoms with Gasteiger partial charge in [0.25, 0.3) is 0 Å². The van der Waals surface area contributed by atoms with Crippen LogP contribution in [0.5, 0.6) is 0 Å². The number of amides is 2. The third kappa shape index (κ3) is 5.34. The number of carbonyl (C=O) groups excluding carboxylic acids is 2. The fourth-order valence-corrected chi connectivity index (χ4v) is 5.49. The molecule has 0 unspecified atom stereocenters. The highest BCUT2D eigenvalue weighted by Crippen LogP contribution is 2.44. The number of nitrogens with one attached hydrogen (secondary N) is 1. The van der Waals surface area contributed by atoms with Crippen LogP contribution in [-0.2, 0) is 14.3 Å². The van der Waals surface area contributed by atoms with E-state index in [9.17, 15) is 14.4 Å². The first-order valence-electron chi connectivity index (χ1n) is 12.6.